The van der Waals surface area contributed by atoms with E-state index in [1.54, 1.807) is 24.3 Å². The van der Waals surface area contributed by atoms with E-state index in [2.05, 4.69) is 10.1 Å². The molecule has 2 aromatic rings. The number of likely N-dealkylation sites (tertiary alicyclic amines) is 1. The summed E-state index contributed by atoms with van der Waals surface area (Å²) in [7, 11) is 0. The normalized spacial score (nSPS) is 21.1. The molecule has 1 aromatic heterocycles. The summed E-state index contributed by atoms with van der Waals surface area (Å²) in [6.45, 7) is 2.60. The van der Waals surface area contributed by atoms with E-state index in [0.717, 1.165) is 23.8 Å². The number of aromatic nitrogens is 2. The molecule has 1 fully saturated rings. The highest BCUT2D eigenvalue weighted by atomic mass is 19.3. The van der Waals surface area contributed by atoms with Crippen LogP contribution in [0.15, 0.2) is 29.4 Å². The fraction of sp³-hybridized carbons (Fsp3) is 0.526. The number of para-hydroxylation sites is 2. The second kappa shape index (κ2) is 8.02. The van der Waals surface area contributed by atoms with Gasteiger partial charge in [0.05, 0.1) is 11.0 Å². The van der Waals surface area contributed by atoms with Crippen molar-refractivity contribution in [3.05, 3.63) is 30.1 Å². The van der Waals surface area contributed by atoms with Crippen LogP contribution >= 0.6 is 0 Å². The standard InChI is InChI=1S/C19H24F2N4O2/c1-12-7-6-8-13(2)24(12)17(26)11-27-23-14(3)18-22-15-9-4-5-10-16(15)25(18)19(20)21/h4-5,9-10,12-13,19H,6-8,11H2,1-3H3. The molecule has 0 bridgehead atoms. The van der Waals surface area contributed by atoms with Crippen molar-refractivity contribution in [1.29, 1.82) is 0 Å². The molecule has 1 saturated heterocycles. The van der Waals surface area contributed by atoms with Crippen LogP contribution in [-0.2, 0) is 9.63 Å². The minimum atomic E-state index is -2.76. The topological polar surface area (TPSA) is 59.7 Å². The molecular weight excluding hydrogens is 354 g/mol. The molecule has 1 amide bonds. The molecule has 1 aliphatic heterocycles. The van der Waals surface area contributed by atoms with Crippen LogP contribution in [0.2, 0.25) is 0 Å². The molecule has 0 saturated carbocycles. The second-order valence-electron chi connectivity index (χ2n) is 6.95. The van der Waals surface area contributed by atoms with Crippen molar-refractivity contribution in [2.24, 2.45) is 5.16 Å². The van der Waals surface area contributed by atoms with E-state index < -0.39 is 6.55 Å². The number of imidazole rings is 1. The number of alkyl halides is 2. The lowest BCUT2D eigenvalue weighted by atomic mass is 9.97. The maximum Gasteiger partial charge on any atom is 0.320 e. The summed E-state index contributed by atoms with van der Waals surface area (Å²) in [4.78, 5) is 23.7. The summed E-state index contributed by atoms with van der Waals surface area (Å²) in [6.07, 6.45) is 3.04. The number of carbonyl (C=O) groups excluding carboxylic acids is 1. The van der Waals surface area contributed by atoms with Gasteiger partial charge in [0.15, 0.2) is 12.4 Å². The molecule has 3 rings (SSSR count). The van der Waals surface area contributed by atoms with Crippen LogP contribution in [0.25, 0.3) is 11.0 Å². The zero-order valence-electron chi connectivity index (χ0n) is 15.7. The van der Waals surface area contributed by atoms with Gasteiger partial charge in [0.25, 0.3) is 5.91 Å². The number of rotatable bonds is 5. The molecular formula is C19H24F2N4O2. The van der Waals surface area contributed by atoms with Gasteiger partial charge in [-0.25, -0.2) is 4.98 Å². The van der Waals surface area contributed by atoms with Crippen LogP contribution in [0.5, 0.6) is 0 Å². The smallest absolute Gasteiger partial charge is 0.320 e. The van der Waals surface area contributed by atoms with Gasteiger partial charge in [-0.1, -0.05) is 17.3 Å². The molecule has 0 spiro atoms. The Balaban J connectivity index is 1.74. The number of hydrogen-bond donors (Lipinski definition) is 0. The monoisotopic (exact) mass is 378 g/mol. The minimum absolute atomic E-state index is 0.0263. The lowest BCUT2D eigenvalue weighted by Gasteiger charge is -2.38. The van der Waals surface area contributed by atoms with Crippen molar-refractivity contribution in [3.63, 3.8) is 0 Å². The van der Waals surface area contributed by atoms with Gasteiger partial charge < -0.3 is 9.74 Å². The van der Waals surface area contributed by atoms with Crippen LogP contribution in [-0.4, -0.2) is 44.8 Å². The van der Waals surface area contributed by atoms with E-state index in [9.17, 15) is 13.6 Å². The van der Waals surface area contributed by atoms with Gasteiger partial charge >= 0.3 is 6.55 Å². The number of nitrogens with zero attached hydrogens (tertiary/aromatic N) is 4. The molecule has 2 heterocycles. The van der Waals surface area contributed by atoms with Gasteiger partial charge in [0.1, 0.15) is 5.71 Å². The Hall–Kier alpha value is -2.51. The third kappa shape index (κ3) is 3.94. The molecule has 6 nitrogen and oxygen atoms in total. The quantitative estimate of drug-likeness (QED) is 0.584. The molecule has 27 heavy (non-hydrogen) atoms. The van der Waals surface area contributed by atoms with Gasteiger partial charge in [-0.3, -0.25) is 9.36 Å². The predicted molar refractivity (Wildman–Crippen MR) is 98.8 cm³/mol. The van der Waals surface area contributed by atoms with E-state index >= 15 is 0 Å². The maximum atomic E-state index is 13.5. The zero-order valence-corrected chi connectivity index (χ0v) is 15.7. The van der Waals surface area contributed by atoms with Gasteiger partial charge in [-0.05, 0) is 52.2 Å². The summed E-state index contributed by atoms with van der Waals surface area (Å²) in [5.74, 6) is -0.119. The largest absolute Gasteiger partial charge is 0.385 e. The summed E-state index contributed by atoms with van der Waals surface area (Å²) in [5.41, 5.74) is 0.970. The van der Waals surface area contributed by atoms with Crippen molar-refractivity contribution in [2.75, 3.05) is 6.61 Å². The van der Waals surface area contributed by atoms with Crippen molar-refractivity contribution < 1.29 is 18.4 Å². The number of oxime groups is 1. The number of benzene rings is 1. The summed E-state index contributed by atoms with van der Waals surface area (Å²) >= 11 is 0. The molecule has 2 unspecified atom stereocenters. The number of halogens is 2. The average molecular weight is 378 g/mol. The first-order valence-corrected chi connectivity index (χ1v) is 9.13. The van der Waals surface area contributed by atoms with Crippen molar-refractivity contribution >= 4 is 22.7 Å². The third-order valence-corrected chi connectivity index (χ3v) is 4.99. The third-order valence-electron chi connectivity index (χ3n) is 4.99. The van der Waals surface area contributed by atoms with Crippen LogP contribution < -0.4 is 0 Å². The minimum Gasteiger partial charge on any atom is -0.385 e. The Morgan fingerprint density at radius 2 is 1.96 bits per heavy atom. The Morgan fingerprint density at radius 1 is 1.30 bits per heavy atom. The number of piperidine rings is 1. The first-order valence-electron chi connectivity index (χ1n) is 9.13. The van der Waals surface area contributed by atoms with Gasteiger partial charge in [0.2, 0.25) is 0 Å². The molecule has 0 N–H and O–H groups in total. The molecule has 0 radical (unpaired) electrons. The first-order chi connectivity index (χ1) is 12.9. The fourth-order valence-corrected chi connectivity index (χ4v) is 3.71. The molecule has 146 valence electrons. The average Bonchev–Trinajstić information content (AvgIpc) is 3.01. The summed E-state index contributed by atoms with van der Waals surface area (Å²) < 4.78 is 27.8. The van der Waals surface area contributed by atoms with E-state index in [4.69, 9.17) is 4.84 Å². The van der Waals surface area contributed by atoms with Crippen LogP contribution in [0, 0.1) is 0 Å². The second-order valence-corrected chi connectivity index (χ2v) is 6.95. The highest BCUT2D eigenvalue weighted by Crippen LogP contribution is 2.24. The predicted octanol–water partition coefficient (Wildman–Crippen LogP) is 3.96. The van der Waals surface area contributed by atoms with Gasteiger partial charge in [-0.2, -0.15) is 8.78 Å². The SMILES string of the molecule is CC(=NOCC(=O)N1C(C)CCCC1C)c1nc2ccccc2n1C(F)F. The maximum absolute atomic E-state index is 13.5. The Labute approximate surface area is 156 Å². The van der Waals surface area contributed by atoms with Gasteiger partial charge in [0, 0.05) is 12.1 Å². The highest BCUT2D eigenvalue weighted by Gasteiger charge is 2.29. The zero-order chi connectivity index (χ0) is 19.6. The highest BCUT2D eigenvalue weighted by molar-refractivity contribution is 5.98. The summed E-state index contributed by atoms with van der Waals surface area (Å²) in [5, 5.41) is 3.87. The molecule has 8 heteroatoms. The van der Waals surface area contributed by atoms with E-state index in [-0.39, 0.29) is 36.1 Å². The van der Waals surface area contributed by atoms with Crippen LogP contribution in [0.3, 0.4) is 0 Å². The Bertz CT molecular complexity index is 839. The van der Waals surface area contributed by atoms with Crippen LogP contribution in [0.4, 0.5) is 8.78 Å². The molecule has 2 atom stereocenters. The van der Waals surface area contributed by atoms with Crippen molar-refractivity contribution in [2.45, 2.75) is 58.7 Å². The molecule has 1 aromatic carbocycles. The van der Waals surface area contributed by atoms with Crippen molar-refractivity contribution in [1.82, 2.24) is 14.5 Å². The number of carbonyl (C=O) groups is 1. The Morgan fingerprint density at radius 3 is 2.63 bits per heavy atom. The van der Waals surface area contributed by atoms with E-state index in [1.807, 2.05) is 18.7 Å². The Kier molecular flexibility index (Phi) is 5.72. The lowest BCUT2D eigenvalue weighted by Crippen LogP contribution is -2.48. The lowest BCUT2D eigenvalue weighted by molar-refractivity contribution is -0.142. The first kappa shape index (κ1) is 19.3. The van der Waals surface area contributed by atoms with Crippen molar-refractivity contribution in [3.8, 4) is 0 Å². The fourth-order valence-electron chi connectivity index (χ4n) is 3.71. The summed E-state index contributed by atoms with van der Waals surface area (Å²) in [6, 6.07) is 6.98. The number of fused-ring (bicyclic) bond motifs is 1. The van der Waals surface area contributed by atoms with E-state index in [0.29, 0.717) is 11.0 Å². The van der Waals surface area contributed by atoms with E-state index in [1.165, 1.54) is 6.92 Å². The molecule has 1 aliphatic rings. The molecule has 0 aliphatic carbocycles. The van der Waals surface area contributed by atoms with Crippen LogP contribution in [0.1, 0.15) is 52.4 Å². The van der Waals surface area contributed by atoms with Gasteiger partial charge in [-0.15, -0.1) is 0 Å². The number of amides is 1. The number of hydrogen-bond acceptors (Lipinski definition) is 4.